The lowest BCUT2D eigenvalue weighted by Crippen LogP contribution is -2.04. The number of benzene rings is 2. The van der Waals surface area contributed by atoms with E-state index in [0.717, 1.165) is 18.2 Å². The molecule has 20 heavy (non-hydrogen) atoms. The summed E-state index contributed by atoms with van der Waals surface area (Å²) < 4.78 is 56.6. The van der Waals surface area contributed by atoms with Crippen molar-refractivity contribution >= 4 is 31.9 Å². The molecule has 0 bridgehead atoms. The summed E-state index contributed by atoms with van der Waals surface area (Å²) >= 11 is 6.00. The molecule has 0 aliphatic carbocycles. The standard InChI is InChI=1S/C13H6Br2F4O/c14-9-3-2-8(6-11(9)16)20-12-4-1-7(5-10(12)15)13(17,18)19/h1-6H. The van der Waals surface area contributed by atoms with Crippen LogP contribution in [0.15, 0.2) is 45.3 Å². The molecule has 0 heterocycles. The van der Waals surface area contributed by atoms with E-state index in [2.05, 4.69) is 31.9 Å². The van der Waals surface area contributed by atoms with Crippen molar-refractivity contribution in [1.82, 2.24) is 0 Å². The number of hydrogen-bond acceptors (Lipinski definition) is 1. The molecule has 0 N–H and O–H groups in total. The SMILES string of the molecule is Fc1cc(Oc2ccc(C(F)(F)F)cc2Br)ccc1Br. The third-order valence-electron chi connectivity index (χ3n) is 2.38. The minimum absolute atomic E-state index is 0.135. The second-order valence-electron chi connectivity index (χ2n) is 3.82. The molecule has 1 nitrogen and oxygen atoms in total. The van der Waals surface area contributed by atoms with Gasteiger partial charge in [-0.25, -0.2) is 4.39 Å². The first kappa shape index (κ1) is 15.3. The fourth-order valence-corrected chi connectivity index (χ4v) is 2.13. The van der Waals surface area contributed by atoms with E-state index >= 15 is 0 Å². The molecule has 106 valence electrons. The van der Waals surface area contributed by atoms with Crippen LogP contribution < -0.4 is 4.74 Å². The third-order valence-corrected chi connectivity index (χ3v) is 3.64. The zero-order valence-electron chi connectivity index (χ0n) is 9.64. The van der Waals surface area contributed by atoms with Gasteiger partial charge in [0.2, 0.25) is 0 Å². The van der Waals surface area contributed by atoms with Crippen molar-refractivity contribution in [3.8, 4) is 11.5 Å². The van der Waals surface area contributed by atoms with Crippen LogP contribution in [0, 0.1) is 5.82 Å². The molecular formula is C13H6Br2F4O. The van der Waals surface area contributed by atoms with Crippen molar-refractivity contribution in [3.63, 3.8) is 0 Å². The Balaban J connectivity index is 2.28. The largest absolute Gasteiger partial charge is 0.456 e. The maximum absolute atomic E-state index is 13.3. The van der Waals surface area contributed by atoms with Gasteiger partial charge in [0, 0.05) is 6.07 Å². The van der Waals surface area contributed by atoms with E-state index in [9.17, 15) is 17.6 Å². The Morgan fingerprint density at radius 3 is 2.15 bits per heavy atom. The molecular weight excluding hydrogens is 408 g/mol. The Kier molecular flexibility index (Phi) is 4.39. The predicted molar refractivity (Wildman–Crippen MR) is 73.3 cm³/mol. The molecule has 2 aromatic carbocycles. The molecule has 0 saturated heterocycles. The Morgan fingerprint density at radius 2 is 1.60 bits per heavy atom. The summed E-state index contributed by atoms with van der Waals surface area (Å²) in [6.07, 6.45) is -4.43. The summed E-state index contributed by atoms with van der Waals surface area (Å²) in [4.78, 5) is 0. The van der Waals surface area contributed by atoms with Crippen LogP contribution in [-0.4, -0.2) is 0 Å². The lowest BCUT2D eigenvalue weighted by atomic mass is 10.2. The summed E-state index contributed by atoms with van der Waals surface area (Å²) in [6, 6.07) is 7.06. The second-order valence-corrected chi connectivity index (χ2v) is 5.53. The van der Waals surface area contributed by atoms with Gasteiger partial charge in [-0.3, -0.25) is 0 Å². The molecule has 0 aromatic heterocycles. The van der Waals surface area contributed by atoms with Gasteiger partial charge in [0.1, 0.15) is 17.3 Å². The van der Waals surface area contributed by atoms with Crippen LogP contribution in [0.1, 0.15) is 5.56 Å². The zero-order valence-corrected chi connectivity index (χ0v) is 12.8. The number of hydrogen-bond donors (Lipinski definition) is 0. The van der Waals surface area contributed by atoms with Gasteiger partial charge in [-0.1, -0.05) is 0 Å². The van der Waals surface area contributed by atoms with Crippen molar-refractivity contribution in [1.29, 1.82) is 0 Å². The van der Waals surface area contributed by atoms with Gasteiger partial charge in [0.05, 0.1) is 14.5 Å². The summed E-state index contributed by atoms with van der Waals surface area (Å²) in [5, 5.41) is 0. The highest BCUT2D eigenvalue weighted by atomic mass is 79.9. The van der Waals surface area contributed by atoms with Crippen molar-refractivity contribution < 1.29 is 22.3 Å². The van der Waals surface area contributed by atoms with E-state index < -0.39 is 17.6 Å². The van der Waals surface area contributed by atoms with Crippen molar-refractivity contribution in [2.45, 2.75) is 6.18 Å². The van der Waals surface area contributed by atoms with Gasteiger partial charge in [-0.15, -0.1) is 0 Å². The Labute approximate surface area is 128 Å². The van der Waals surface area contributed by atoms with E-state index in [1.807, 2.05) is 0 Å². The average molecular weight is 414 g/mol. The second kappa shape index (κ2) is 5.73. The van der Waals surface area contributed by atoms with Gasteiger partial charge >= 0.3 is 6.18 Å². The van der Waals surface area contributed by atoms with Crippen LogP contribution in [-0.2, 0) is 6.18 Å². The van der Waals surface area contributed by atoms with Gasteiger partial charge in [-0.05, 0) is 62.2 Å². The molecule has 0 radical (unpaired) electrons. The maximum Gasteiger partial charge on any atom is 0.416 e. The highest BCUT2D eigenvalue weighted by Gasteiger charge is 2.31. The van der Waals surface area contributed by atoms with E-state index in [0.29, 0.717) is 0 Å². The number of rotatable bonds is 2. The molecule has 0 unspecified atom stereocenters. The van der Waals surface area contributed by atoms with Gasteiger partial charge in [-0.2, -0.15) is 13.2 Å². The smallest absolute Gasteiger partial charge is 0.416 e. The van der Waals surface area contributed by atoms with Gasteiger partial charge in [0.25, 0.3) is 0 Å². The predicted octanol–water partition coefficient (Wildman–Crippen LogP) is 6.16. The molecule has 0 aliphatic heterocycles. The monoisotopic (exact) mass is 412 g/mol. The fraction of sp³-hybridized carbons (Fsp3) is 0.0769. The van der Waals surface area contributed by atoms with Crippen LogP contribution >= 0.6 is 31.9 Å². The minimum Gasteiger partial charge on any atom is -0.456 e. The molecule has 7 heteroatoms. The van der Waals surface area contributed by atoms with Crippen LogP contribution in [0.5, 0.6) is 11.5 Å². The van der Waals surface area contributed by atoms with Crippen molar-refractivity contribution in [2.75, 3.05) is 0 Å². The maximum atomic E-state index is 13.3. The highest BCUT2D eigenvalue weighted by molar-refractivity contribution is 9.10. The van der Waals surface area contributed by atoms with Gasteiger partial charge < -0.3 is 4.74 Å². The minimum atomic E-state index is -4.43. The summed E-state index contributed by atoms with van der Waals surface area (Å²) in [5.41, 5.74) is -0.793. The molecule has 2 aromatic rings. The molecule has 0 amide bonds. The summed E-state index contributed by atoms with van der Waals surface area (Å²) in [6.45, 7) is 0. The molecule has 0 spiro atoms. The lowest BCUT2D eigenvalue weighted by Gasteiger charge is -2.11. The van der Waals surface area contributed by atoms with Crippen LogP contribution in [0.25, 0.3) is 0 Å². The summed E-state index contributed by atoms with van der Waals surface area (Å²) in [7, 11) is 0. The van der Waals surface area contributed by atoms with Crippen molar-refractivity contribution in [3.05, 3.63) is 56.7 Å². The molecule has 2 rings (SSSR count). The van der Waals surface area contributed by atoms with Crippen molar-refractivity contribution in [2.24, 2.45) is 0 Å². The average Bonchev–Trinajstić information content (AvgIpc) is 2.35. The first-order chi connectivity index (χ1) is 9.27. The number of alkyl halides is 3. The quantitative estimate of drug-likeness (QED) is 0.535. The molecule has 0 aliphatic rings. The highest BCUT2D eigenvalue weighted by Crippen LogP contribution is 2.36. The van der Waals surface area contributed by atoms with E-state index in [4.69, 9.17) is 4.74 Å². The molecule has 0 saturated carbocycles. The van der Waals surface area contributed by atoms with E-state index in [1.54, 1.807) is 0 Å². The van der Waals surface area contributed by atoms with Crippen LogP contribution in [0.3, 0.4) is 0 Å². The Bertz CT molecular complexity index is 641. The van der Waals surface area contributed by atoms with E-state index in [1.165, 1.54) is 18.2 Å². The third kappa shape index (κ3) is 3.52. The summed E-state index contributed by atoms with van der Waals surface area (Å²) in [5.74, 6) is -0.170. The first-order valence-electron chi connectivity index (χ1n) is 5.27. The Morgan fingerprint density at radius 1 is 0.900 bits per heavy atom. The van der Waals surface area contributed by atoms with E-state index in [-0.39, 0.29) is 20.4 Å². The number of halogens is 6. The lowest BCUT2D eigenvalue weighted by molar-refractivity contribution is -0.137. The normalized spacial score (nSPS) is 11.5. The topological polar surface area (TPSA) is 9.23 Å². The first-order valence-corrected chi connectivity index (χ1v) is 6.85. The fourth-order valence-electron chi connectivity index (χ4n) is 1.43. The van der Waals surface area contributed by atoms with Crippen LogP contribution in [0.4, 0.5) is 17.6 Å². The molecule has 0 fully saturated rings. The van der Waals surface area contributed by atoms with Gasteiger partial charge in [0.15, 0.2) is 0 Å². The number of ether oxygens (including phenoxy) is 1. The molecule has 0 atom stereocenters. The Hall–Kier alpha value is -1.08. The zero-order chi connectivity index (χ0) is 14.9. The van der Waals surface area contributed by atoms with Crippen LogP contribution in [0.2, 0.25) is 0 Å².